The number of carbonyl (C=O) groups is 2. The predicted octanol–water partition coefficient (Wildman–Crippen LogP) is 4.50. The number of hydrogen-bond donors (Lipinski definition) is 1. The van der Waals surface area contributed by atoms with Gasteiger partial charge in [-0.3, -0.25) is 14.9 Å². The summed E-state index contributed by atoms with van der Waals surface area (Å²) < 4.78 is 16.0. The second-order valence-electron chi connectivity index (χ2n) is 7.62. The average Bonchev–Trinajstić information content (AvgIpc) is 2.93. The lowest BCUT2D eigenvalue weighted by Gasteiger charge is -2.11. The van der Waals surface area contributed by atoms with Gasteiger partial charge >= 0.3 is 11.7 Å². The predicted molar refractivity (Wildman–Crippen MR) is 136 cm³/mol. The molecule has 4 aromatic carbocycles. The minimum atomic E-state index is -0.633. The molecule has 1 amide bonds. The molecule has 4 aromatic rings. The van der Waals surface area contributed by atoms with E-state index in [0.29, 0.717) is 16.9 Å². The smallest absolute Gasteiger partial charge is 0.343 e. The van der Waals surface area contributed by atoms with Gasteiger partial charge < -0.3 is 14.2 Å². The highest BCUT2D eigenvalue weighted by Crippen LogP contribution is 2.28. The lowest BCUT2D eigenvalue weighted by atomic mass is 10.0. The highest BCUT2D eigenvalue weighted by molar-refractivity contribution is 6.04. The molecule has 0 saturated carbocycles. The summed E-state index contributed by atoms with van der Waals surface area (Å²) in [6, 6.07) is 23.1. The van der Waals surface area contributed by atoms with Gasteiger partial charge in [0.25, 0.3) is 5.91 Å². The fourth-order valence-electron chi connectivity index (χ4n) is 3.46. The molecule has 0 fully saturated rings. The first-order valence-electron chi connectivity index (χ1n) is 11.0. The zero-order valence-electron chi connectivity index (χ0n) is 19.6. The number of rotatable bonds is 9. The fourth-order valence-corrected chi connectivity index (χ4v) is 3.46. The van der Waals surface area contributed by atoms with E-state index in [1.165, 1.54) is 31.5 Å². The normalized spacial score (nSPS) is 10.7. The topological polar surface area (TPSA) is 129 Å². The number of nitrogens with zero attached hydrogens (tertiary/aromatic N) is 2. The third-order valence-electron chi connectivity index (χ3n) is 5.26. The summed E-state index contributed by atoms with van der Waals surface area (Å²) in [4.78, 5) is 35.5. The van der Waals surface area contributed by atoms with E-state index in [2.05, 4.69) is 10.5 Å². The maximum atomic E-state index is 12.7. The number of para-hydroxylation sites is 2. The fraction of sp³-hybridized carbons (Fsp3) is 0.0741. The molecule has 0 aliphatic carbocycles. The molecule has 0 atom stereocenters. The van der Waals surface area contributed by atoms with E-state index in [4.69, 9.17) is 14.2 Å². The van der Waals surface area contributed by atoms with Gasteiger partial charge in [-0.15, -0.1) is 0 Å². The van der Waals surface area contributed by atoms with Gasteiger partial charge in [-0.1, -0.05) is 42.5 Å². The van der Waals surface area contributed by atoms with Crippen LogP contribution in [0.1, 0.15) is 15.9 Å². The van der Waals surface area contributed by atoms with Crippen molar-refractivity contribution in [3.63, 3.8) is 0 Å². The Morgan fingerprint density at radius 1 is 0.946 bits per heavy atom. The first kappa shape index (κ1) is 24.9. The lowest BCUT2D eigenvalue weighted by molar-refractivity contribution is -0.385. The number of benzene rings is 4. The van der Waals surface area contributed by atoms with Crippen LogP contribution >= 0.6 is 0 Å². The van der Waals surface area contributed by atoms with Crippen LogP contribution in [0.25, 0.3) is 10.8 Å². The molecule has 4 rings (SSSR count). The second kappa shape index (κ2) is 11.5. The standard InChI is InChI=1S/C27H21N3O7/c1-35-20-13-10-19(11-14-20)27(32)37-24-15-12-18-6-2-3-7-21(18)22(24)16-28-29-26(31)17-36-25-9-5-4-8-23(25)30(33)34/h2-16H,17H2,1H3,(H,29,31). The first-order valence-corrected chi connectivity index (χ1v) is 11.0. The maximum absolute atomic E-state index is 12.7. The van der Waals surface area contributed by atoms with Crippen LogP contribution in [0.3, 0.4) is 0 Å². The average molecular weight is 499 g/mol. The van der Waals surface area contributed by atoms with Gasteiger partial charge in [0.1, 0.15) is 11.5 Å². The van der Waals surface area contributed by atoms with Crippen LogP contribution in [-0.2, 0) is 4.79 Å². The van der Waals surface area contributed by atoms with Crippen LogP contribution in [0, 0.1) is 10.1 Å². The molecule has 0 unspecified atom stereocenters. The molecule has 0 radical (unpaired) electrons. The monoisotopic (exact) mass is 499 g/mol. The molecule has 186 valence electrons. The molecule has 10 heteroatoms. The van der Waals surface area contributed by atoms with Gasteiger partial charge in [-0.25, -0.2) is 10.2 Å². The molecule has 0 heterocycles. The molecule has 0 aliphatic heterocycles. The number of amides is 1. The Hall–Kier alpha value is -5.25. The Morgan fingerprint density at radius 3 is 2.43 bits per heavy atom. The molecule has 1 N–H and O–H groups in total. The third kappa shape index (κ3) is 6.06. The number of hydrogen-bond acceptors (Lipinski definition) is 8. The molecule has 10 nitrogen and oxygen atoms in total. The highest BCUT2D eigenvalue weighted by Gasteiger charge is 2.16. The van der Waals surface area contributed by atoms with E-state index >= 15 is 0 Å². The quantitative estimate of drug-likeness (QED) is 0.118. The zero-order valence-corrected chi connectivity index (χ0v) is 19.6. The van der Waals surface area contributed by atoms with Gasteiger partial charge in [0.2, 0.25) is 0 Å². The number of methoxy groups -OCH3 is 1. The van der Waals surface area contributed by atoms with Gasteiger partial charge in [0.05, 0.1) is 23.8 Å². The largest absolute Gasteiger partial charge is 0.497 e. The summed E-state index contributed by atoms with van der Waals surface area (Å²) in [5, 5.41) is 16.7. The van der Waals surface area contributed by atoms with Gasteiger partial charge in [-0.2, -0.15) is 5.10 Å². The van der Waals surface area contributed by atoms with Crippen molar-refractivity contribution in [3.8, 4) is 17.2 Å². The zero-order chi connectivity index (χ0) is 26.2. The van der Waals surface area contributed by atoms with E-state index in [0.717, 1.165) is 10.8 Å². The SMILES string of the molecule is COc1ccc(C(=O)Oc2ccc3ccccc3c2C=NNC(=O)COc2ccccc2[N+](=O)[O-])cc1. The van der Waals surface area contributed by atoms with Gasteiger partial charge in [0, 0.05) is 11.6 Å². The molecule has 0 saturated heterocycles. The molecular weight excluding hydrogens is 478 g/mol. The number of ether oxygens (including phenoxy) is 3. The first-order chi connectivity index (χ1) is 18.0. The molecule has 0 aromatic heterocycles. The van der Waals surface area contributed by atoms with Gasteiger partial charge in [-0.05, 0) is 47.2 Å². The van der Waals surface area contributed by atoms with Crippen LogP contribution in [0.2, 0.25) is 0 Å². The number of esters is 1. The van der Waals surface area contributed by atoms with Crippen molar-refractivity contribution >= 4 is 34.6 Å². The third-order valence-corrected chi connectivity index (χ3v) is 5.26. The van der Waals surface area contributed by atoms with E-state index in [9.17, 15) is 19.7 Å². The molecular formula is C27H21N3O7. The minimum Gasteiger partial charge on any atom is -0.497 e. The minimum absolute atomic E-state index is 0.0339. The van der Waals surface area contributed by atoms with Crippen LogP contribution in [0.4, 0.5) is 5.69 Å². The van der Waals surface area contributed by atoms with Gasteiger partial charge in [0.15, 0.2) is 12.4 Å². The van der Waals surface area contributed by atoms with Crippen LogP contribution < -0.4 is 19.6 Å². The van der Waals surface area contributed by atoms with Crippen molar-refractivity contribution in [2.75, 3.05) is 13.7 Å². The molecule has 37 heavy (non-hydrogen) atoms. The van der Waals surface area contributed by atoms with Crippen molar-refractivity contribution in [1.29, 1.82) is 0 Å². The van der Waals surface area contributed by atoms with E-state index in [1.807, 2.05) is 30.3 Å². The number of nitro groups is 1. The number of fused-ring (bicyclic) bond motifs is 1. The summed E-state index contributed by atoms with van der Waals surface area (Å²) >= 11 is 0. The van der Waals surface area contributed by atoms with Crippen molar-refractivity contribution in [2.24, 2.45) is 5.10 Å². The van der Waals surface area contributed by atoms with E-state index in [-0.39, 0.29) is 17.2 Å². The summed E-state index contributed by atoms with van der Waals surface area (Å²) in [5.74, 6) is -0.389. The van der Waals surface area contributed by atoms with E-state index < -0.39 is 23.4 Å². The van der Waals surface area contributed by atoms with Crippen molar-refractivity contribution in [2.45, 2.75) is 0 Å². The summed E-state index contributed by atoms with van der Waals surface area (Å²) in [7, 11) is 1.53. The molecule has 0 bridgehead atoms. The lowest BCUT2D eigenvalue weighted by Crippen LogP contribution is -2.24. The van der Waals surface area contributed by atoms with Crippen molar-refractivity contribution in [1.82, 2.24) is 5.43 Å². The summed E-state index contributed by atoms with van der Waals surface area (Å²) in [5.41, 5.74) is 2.87. The van der Waals surface area contributed by atoms with Crippen LogP contribution in [-0.4, -0.2) is 36.7 Å². The molecule has 0 aliphatic rings. The maximum Gasteiger partial charge on any atom is 0.343 e. The number of nitro benzene ring substituents is 1. The van der Waals surface area contributed by atoms with Crippen LogP contribution in [0.15, 0.2) is 90.0 Å². The Balaban J connectivity index is 1.50. The van der Waals surface area contributed by atoms with Crippen molar-refractivity contribution in [3.05, 3.63) is 106 Å². The second-order valence-corrected chi connectivity index (χ2v) is 7.62. The Kier molecular flexibility index (Phi) is 7.69. The summed E-state index contributed by atoms with van der Waals surface area (Å²) in [6.07, 6.45) is 1.36. The van der Waals surface area contributed by atoms with Crippen molar-refractivity contribution < 1.29 is 28.7 Å². The Labute approximate surface area is 211 Å². The number of hydrazone groups is 1. The van der Waals surface area contributed by atoms with E-state index in [1.54, 1.807) is 36.4 Å². The summed E-state index contributed by atoms with van der Waals surface area (Å²) in [6.45, 7) is -0.489. The highest BCUT2D eigenvalue weighted by atomic mass is 16.6. The number of nitrogens with one attached hydrogen (secondary N) is 1. The Morgan fingerprint density at radius 2 is 1.68 bits per heavy atom. The Bertz CT molecular complexity index is 1480. The van der Waals surface area contributed by atoms with Crippen LogP contribution in [0.5, 0.6) is 17.2 Å². The molecule has 0 spiro atoms. The number of carbonyl (C=O) groups excluding carboxylic acids is 2.